The lowest BCUT2D eigenvalue weighted by atomic mass is 10.5. The Morgan fingerprint density at radius 1 is 1.45 bits per heavy atom. The topological polar surface area (TPSA) is 30.7 Å². The van der Waals surface area contributed by atoms with E-state index in [1.165, 1.54) is 11.2 Å². The van der Waals surface area contributed by atoms with Crippen LogP contribution in [-0.4, -0.2) is 14.8 Å². The summed E-state index contributed by atoms with van der Waals surface area (Å²) >= 11 is 1.71. The minimum Gasteiger partial charge on any atom is -0.223 e. The average molecular weight is 165 g/mol. The van der Waals surface area contributed by atoms with E-state index in [0.717, 1.165) is 5.00 Å². The summed E-state index contributed by atoms with van der Waals surface area (Å²) < 4.78 is 1.76. The maximum atomic E-state index is 4.02. The summed E-state index contributed by atoms with van der Waals surface area (Å²) in [4.78, 5) is 5.15. The van der Waals surface area contributed by atoms with E-state index in [9.17, 15) is 0 Å². The van der Waals surface area contributed by atoms with Crippen LogP contribution in [0.3, 0.4) is 0 Å². The molecule has 2 aromatic heterocycles. The summed E-state index contributed by atoms with van der Waals surface area (Å²) in [5.41, 5.74) is 0. The largest absolute Gasteiger partial charge is 0.223 e. The van der Waals surface area contributed by atoms with Crippen molar-refractivity contribution < 1.29 is 0 Å². The Morgan fingerprint density at radius 3 is 2.91 bits per heavy atom. The van der Waals surface area contributed by atoms with Crippen LogP contribution in [-0.2, 0) is 0 Å². The van der Waals surface area contributed by atoms with Crippen molar-refractivity contribution in [2.24, 2.45) is 0 Å². The zero-order chi connectivity index (χ0) is 7.68. The van der Waals surface area contributed by atoms with Gasteiger partial charge < -0.3 is 0 Å². The van der Waals surface area contributed by atoms with Crippen LogP contribution < -0.4 is 0 Å². The van der Waals surface area contributed by atoms with E-state index in [2.05, 4.69) is 23.1 Å². The van der Waals surface area contributed by atoms with Crippen LogP contribution in [0.25, 0.3) is 5.00 Å². The second-order valence-corrected chi connectivity index (χ2v) is 3.49. The molecule has 2 aromatic rings. The highest BCUT2D eigenvalue weighted by molar-refractivity contribution is 7.14. The molecule has 0 amide bonds. The number of aromatic nitrogens is 3. The Morgan fingerprint density at radius 2 is 2.36 bits per heavy atom. The zero-order valence-corrected chi connectivity index (χ0v) is 6.88. The third-order valence-electron chi connectivity index (χ3n) is 1.37. The van der Waals surface area contributed by atoms with Crippen molar-refractivity contribution in [3.63, 3.8) is 0 Å². The van der Waals surface area contributed by atoms with Gasteiger partial charge in [0.15, 0.2) is 0 Å². The molecule has 0 N–H and O–H groups in total. The lowest BCUT2D eigenvalue weighted by molar-refractivity contribution is 0.896. The van der Waals surface area contributed by atoms with E-state index in [-0.39, 0.29) is 0 Å². The molecule has 0 spiro atoms. The summed E-state index contributed by atoms with van der Waals surface area (Å²) in [5.74, 6) is 0. The fraction of sp³-hybridized carbons (Fsp3) is 0.143. The molecule has 0 atom stereocenters. The lowest BCUT2D eigenvalue weighted by Gasteiger charge is -1.90. The van der Waals surface area contributed by atoms with E-state index >= 15 is 0 Å². The molecule has 4 heteroatoms. The second-order valence-electron chi connectivity index (χ2n) is 2.22. The highest BCUT2D eigenvalue weighted by Gasteiger charge is 1.97. The third kappa shape index (κ3) is 1.17. The van der Waals surface area contributed by atoms with Gasteiger partial charge in [0.1, 0.15) is 17.7 Å². The number of thiophene rings is 1. The Balaban J connectivity index is 2.45. The summed E-state index contributed by atoms with van der Waals surface area (Å²) in [6.07, 6.45) is 3.24. The van der Waals surface area contributed by atoms with Crippen molar-refractivity contribution in [1.29, 1.82) is 0 Å². The normalized spacial score (nSPS) is 10.3. The van der Waals surface area contributed by atoms with Gasteiger partial charge in [0.25, 0.3) is 0 Å². The Kier molecular flexibility index (Phi) is 1.47. The van der Waals surface area contributed by atoms with Crippen molar-refractivity contribution in [3.05, 3.63) is 29.7 Å². The summed E-state index contributed by atoms with van der Waals surface area (Å²) in [6.45, 7) is 2.07. The highest BCUT2D eigenvalue weighted by Crippen LogP contribution is 2.17. The molecule has 56 valence electrons. The van der Waals surface area contributed by atoms with E-state index < -0.39 is 0 Å². The first-order valence-corrected chi connectivity index (χ1v) is 4.09. The molecular formula is C7H7N3S. The standard InChI is InChI=1S/C7H7N3S/c1-6-2-3-7(11-6)10-5-8-4-9-10/h2-5H,1H3. The van der Waals surface area contributed by atoms with Gasteiger partial charge in [-0.25, -0.2) is 9.67 Å². The molecule has 0 radical (unpaired) electrons. The molecule has 0 aliphatic carbocycles. The molecule has 0 aliphatic rings. The van der Waals surface area contributed by atoms with Crippen molar-refractivity contribution in [2.45, 2.75) is 6.92 Å². The predicted octanol–water partition coefficient (Wildman–Crippen LogP) is 1.64. The Labute approximate surface area is 68.3 Å². The summed E-state index contributed by atoms with van der Waals surface area (Å²) in [7, 11) is 0. The average Bonchev–Trinajstić information content (AvgIpc) is 2.55. The third-order valence-corrected chi connectivity index (χ3v) is 2.36. The monoisotopic (exact) mass is 165 g/mol. The fourth-order valence-corrected chi connectivity index (χ4v) is 1.66. The van der Waals surface area contributed by atoms with Gasteiger partial charge in [0, 0.05) is 4.88 Å². The van der Waals surface area contributed by atoms with Gasteiger partial charge in [-0.15, -0.1) is 11.3 Å². The maximum absolute atomic E-state index is 4.02. The first-order valence-electron chi connectivity index (χ1n) is 3.28. The molecule has 2 heterocycles. The molecule has 11 heavy (non-hydrogen) atoms. The van der Waals surface area contributed by atoms with Crippen molar-refractivity contribution >= 4 is 11.3 Å². The van der Waals surface area contributed by atoms with Crippen LogP contribution in [0.5, 0.6) is 0 Å². The Bertz CT molecular complexity index is 336. The summed E-state index contributed by atoms with van der Waals surface area (Å²) in [6, 6.07) is 4.11. The number of rotatable bonds is 1. The number of nitrogens with zero attached hydrogens (tertiary/aromatic N) is 3. The van der Waals surface area contributed by atoms with E-state index in [1.54, 1.807) is 22.3 Å². The van der Waals surface area contributed by atoms with Gasteiger partial charge in [-0.2, -0.15) is 5.10 Å². The van der Waals surface area contributed by atoms with Crippen molar-refractivity contribution in [1.82, 2.24) is 14.8 Å². The quantitative estimate of drug-likeness (QED) is 0.643. The van der Waals surface area contributed by atoms with Gasteiger partial charge >= 0.3 is 0 Å². The van der Waals surface area contributed by atoms with Crippen molar-refractivity contribution in [2.75, 3.05) is 0 Å². The molecule has 0 bridgehead atoms. The fourth-order valence-electron chi connectivity index (χ4n) is 0.867. The second kappa shape index (κ2) is 2.47. The van der Waals surface area contributed by atoms with Gasteiger partial charge in [0.2, 0.25) is 0 Å². The number of hydrogen-bond acceptors (Lipinski definition) is 3. The van der Waals surface area contributed by atoms with E-state index in [4.69, 9.17) is 0 Å². The molecule has 0 unspecified atom stereocenters. The molecular weight excluding hydrogens is 158 g/mol. The first-order chi connectivity index (χ1) is 5.36. The van der Waals surface area contributed by atoms with Crippen LogP contribution in [0.1, 0.15) is 4.88 Å². The van der Waals surface area contributed by atoms with Crippen LogP contribution in [0, 0.1) is 6.92 Å². The van der Waals surface area contributed by atoms with Gasteiger partial charge in [0.05, 0.1) is 0 Å². The smallest absolute Gasteiger partial charge is 0.138 e. The minimum absolute atomic E-state index is 1.11. The van der Waals surface area contributed by atoms with Crippen LogP contribution in [0.2, 0.25) is 0 Å². The van der Waals surface area contributed by atoms with Crippen molar-refractivity contribution in [3.8, 4) is 5.00 Å². The Hall–Kier alpha value is -1.16. The van der Waals surface area contributed by atoms with Crippen LogP contribution >= 0.6 is 11.3 Å². The first kappa shape index (κ1) is 6.54. The number of hydrogen-bond donors (Lipinski definition) is 0. The molecule has 2 rings (SSSR count). The van der Waals surface area contributed by atoms with Crippen LogP contribution in [0.15, 0.2) is 24.8 Å². The van der Waals surface area contributed by atoms with Gasteiger partial charge in [-0.3, -0.25) is 0 Å². The van der Waals surface area contributed by atoms with Gasteiger partial charge in [-0.05, 0) is 19.1 Å². The molecule has 0 aromatic carbocycles. The van der Waals surface area contributed by atoms with E-state index in [1.807, 2.05) is 6.07 Å². The molecule has 0 fully saturated rings. The van der Waals surface area contributed by atoms with Gasteiger partial charge in [-0.1, -0.05) is 0 Å². The molecule has 3 nitrogen and oxygen atoms in total. The zero-order valence-electron chi connectivity index (χ0n) is 6.06. The summed E-state index contributed by atoms with van der Waals surface area (Å²) in [5, 5.41) is 5.13. The lowest BCUT2D eigenvalue weighted by Crippen LogP contribution is -1.88. The SMILES string of the molecule is Cc1ccc(-n2cncn2)s1. The maximum Gasteiger partial charge on any atom is 0.138 e. The van der Waals surface area contributed by atoms with Crippen LogP contribution in [0.4, 0.5) is 0 Å². The number of aryl methyl sites for hydroxylation is 1. The minimum atomic E-state index is 1.11. The molecule has 0 saturated carbocycles. The highest BCUT2D eigenvalue weighted by atomic mass is 32.1. The predicted molar refractivity (Wildman–Crippen MR) is 44.0 cm³/mol. The molecule has 0 saturated heterocycles. The molecule has 0 aliphatic heterocycles. The van der Waals surface area contributed by atoms with E-state index in [0.29, 0.717) is 0 Å².